The van der Waals surface area contributed by atoms with E-state index in [9.17, 15) is 0 Å². The van der Waals surface area contributed by atoms with Crippen molar-refractivity contribution in [2.45, 2.75) is 33.6 Å². The zero-order valence-corrected chi connectivity index (χ0v) is 14.2. The maximum absolute atomic E-state index is 5.51. The van der Waals surface area contributed by atoms with Crippen LogP contribution in [0.25, 0.3) is 0 Å². The van der Waals surface area contributed by atoms with E-state index in [1.54, 1.807) is 14.2 Å². The maximum Gasteiger partial charge on any atom is 0.122 e. The second-order valence-corrected chi connectivity index (χ2v) is 6.21. The first-order valence-electron chi connectivity index (χ1n) is 7.90. The number of ether oxygens (including phenoxy) is 2. The van der Waals surface area contributed by atoms with Crippen molar-refractivity contribution in [3.8, 4) is 5.75 Å². The summed E-state index contributed by atoms with van der Waals surface area (Å²) in [5.74, 6) is 2.33. The molecule has 1 N–H and O–H groups in total. The third-order valence-electron chi connectivity index (χ3n) is 3.67. The molecule has 1 atom stereocenters. The average molecular weight is 293 g/mol. The fourth-order valence-electron chi connectivity index (χ4n) is 2.76. The van der Waals surface area contributed by atoms with Gasteiger partial charge >= 0.3 is 0 Å². The van der Waals surface area contributed by atoms with Gasteiger partial charge in [0.25, 0.3) is 0 Å². The first kappa shape index (κ1) is 18.0. The van der Waals surface area contributed by atoms with E-state index >= 15 is 0 Å². The quantitative estimate of drug-likeness (QED) is 0.670. The van der Waals surface area contributed by atoms with E-state index in [1.807, 2.05) is 0 Å². The summed E-state index contributed by atoms with van der Waals surface area (Å²) in [6, 6.07) is 6.44. The van der Waals surface area contributed by atoms with Crippen molar-refractivity contribution in [3.05, 3.63) is 29.3 Å². The minimum atomic E-state index is 0.623. The summed E-state index contributed by atoms with van der Waals surface area (Å²) in [5, 5.41) is 3.50. The molecule has 3 nitrogen and oxygen atoms in total. The summed E-state index contributed by atoms with van der Waals surface area (Å²) >= 11 is 0. The lowest BCUT2D eigenvalue weighted by Crippen LogP contribution is -2.28. The van der Waals surface area contributed by atoms with Crippen LogP contribution in [0.5, 0.6) is 5.75 Å². The molecule has 0 aliphatic heterocycles. The molecule has 0 saturated heterocycles. The largest absolute Gasteiger partial charge is 0.496 e. The van der Waals surface area contributed by atoms with Gasteiger partial charge in [-0.05, 0) is 49.8 Å². The van der Waals surface area contributed by atoms with Crippen molar-refractivity contribution in [2.75, 3.05) is 33.9 Å². The average Bonchev–Trinajstić information content (AvgIpc) is 2.43. The van der Waals surface area contributed by atoms with Crippen molar-refractivity contribution in [1.82, 2.24) is 5.32 Å². The molecule has 3 heteroatoms. The van der Waals surface area contributed by atoms with Crippen LogP contribution in [0.1, 0.15) is 31.4 Å². The molecule has 1 aromatic rings. The fourth-order valence-corrected chi connectivity index (χ4v) is 2.76. The Morgan fingerprint density at radius 3 is 2.57 bits per heavy atom. The Labute approximate surface area is 130 Å². The summed E-state index contributed by atoms with van der Waals surface area (Å²) < 4.78 is 10.6. The van der Waals surface area contributed by atoms with Crippen LogP contribution in [0.2, 0.25) is 0 Å². The van der Waals surface area contributed by atoms with Gasteiger partial charge in [0.05, 0.1) is 13.7 Å². The molecule has 0 radical (unpaired) electrons. The van der Waals surface area contributed by atoms with E-state index < -0.39 is 0 Å². The monoisotopic (exact) mass is 293 g/mol. The molecule has 1 aromatic carbocycles. The number of benzene rings is 1. The maximum atomic E-state index is 5.51. The van der Waals surface area contributed by atoms with Crippen molar-refractivity contribution >= 4 is 0 Å². The molecule has 0 spiro atoms. The van der Waals surface area contributed by atoms with Crippen molar-refractivity contribution in [2.24, 2.45) is 11.8 Å². The molecule has 0 saturated carbocycles. The van der Waals surface area contributed by atoms with Gasteiger partial charge in [-0.15, -0.1) is 0 Å². The molecule has 0 aliphatic carbocycles. The van der Waals surface area contributed by atoms with E-state index in [1.165, 1.54) is 17.5 Å². The van der Waals surface area contributed by atoms with Crippen molar-refractivity contribution in [1.29, 1.82) is 0 Å². The van der Waals surface area contributed by atoms with Gasteiger partial charge in [-0.1, -0.05) is 31.5 Å². The number of hydrogen-bond donors (Lipinski definition) is 1. The second kappa shape index (κ2) is 9.80. The Hall–Kier alpha value is -1.06. The first-order chi connectivity index (χ1) is 10.1. The second-order valence-electron chi connectivity index (χ2n) is 6.21. The highest BCUT2D eigenvalue weighted by atomic mass is 16.5. The van der Waals surface area contributed by atoms with Crippen LogP contribution in [0.15, 0.2) is 18.2 Å². The molecule has 21 heavy (non-hydrogen) atoms. The van der Waals surface area contributed by atoms with Crippen molar-refractivity contribution in [3.63, 3.8) is 0 Å². The number of rotatable bonds is 10. The predicted octanol–water partition coefficient (Wildman–Crippen LogP) is 3.44. The van der Waals surface area contributed by atoms with Gasteiger partial charge in [-0.25, -0.2) is 0 Å². The van der Waals surface area contributed by atoms with Crippen molar-refractivity contribution < 1.29 is 9.47 Å². The van der Waals surface area contributed by atoms with Crippen LogP contribution in [0, 0.1) is 18.8 Å². The van der Waals surface area contributed by atoms with Crippen LogP contribution >= 0.6 is 0 Å². The Bertz CT molecular complexity index is 404. The van der Waals surface area contributed by atoms with E-state index in [0.29, 0.717) is 11.8 Å². The van der Waals surface area contributed by atoms with E-state index in [0.717, 1.165) is 31.9 Å². The van der Waals surface area contributed by atoms with Gasteiger partial charge in [0.2, 0.25) is 0 Å². The summed E-state index contributed by atoms with van der Waals surface area (Å²) in [7, 11) is 3.49. The standard InChI is InChI=1S/C18H31NO2/c1-14(2)10-16(13-19-8-9-20-4)12-17-11-15(3)6-7-18(17)21-5/h6-7,11,14,16,19H,8-10,12-13H2,1-5H3. The van der Waals surface area contributed by atoms with E-state index in [2.05, 4.69) is 44.3 Å². The molecule has 0 aliphatic rings. The lowest BCUT2D eigenvalue weighted by molar-refractivity contribution is 0.197. The molecule has 1 unspecified atom stereocenters. The topological polar surface area (TPSA) is 30.5 Å². The van der Waals surface area contributed by atoms with Crippen LogP contribution in [0.3, 0.4) is 0 Å². The first-order valence-corrected chi connectivity index (χ1v) is 7.90. The SMILES string of the molecule is COCCNCC(Cc1cc(C)ccc1OC)CC(C)C. The summed E-state index contributed by atoms with van der Waals surface area (Å²) in [4.78, 5) is 0. The molecule has 0 heterocycles. The molecule has 0 aromatic heterocycles. The Balaban J connectivity index is 2.68. The van der Waals surface area contributed by atoms with Gasteiger partial charge in [-0.3, -0.25) is 0 Å². The molecule has 0 fully saturated rings. The van der Waals surface area contributed by atoms with Gasteiger partial charge < -0.3 is 14.8 Å². The number of methoxy groups -OCH3 is 2. The van der Waals surface area contributed by atoms with Crippen LogP contribution < -0.4 is 10.1 Å². The van der Waals surface area contributed by atoms with E-state index in [4.69, 9.17) is 9.47 Å². The highest BCUT2D eigenvalue weighted by molar-refractivity contribution is 5.37. The Kier molecular flexibility index (Phi) is 8.40. The smallest absolute Gasteiger partial charge is 0.122 e. The lowest BCUT2D eigenvalue weighted by atomic mass is 9.90. The minimum absolute atomic E-state index is 0.623. The normalized spacial score (nSPS) is 12.7. The van der Waals surface area contributed by atoms with E-state index in [-0.39, 0.29) is 0 Å². The van der Waals surface area contributed by atoms with Gasteiger partial charge in [0.1, 0.15) is 5.75 Å². The third-order valence-corrected chi connectivity index (χ3v) is 3.67. The predicted molar refractivity (Wildman–Crippen MR) is 89.1 cm³/mol. The van der Waals surface area contributed by atoms with Gasteiger partial charge in [0.15, 0.2) is 0 Å². The zero-order chi connectivity index (χ0) is 15.7. The molecular formula is C18H31NO2. The summed E-state index contributed by atoms with van der Waals surface area (Å²) in [6.07, 6.45) is 2.28. The Morgan fingerprint density at radius 1 is 1.19 bits per heavy atom. The zero-order valence-electron chi connectivity index (χ0n) is 14.2. The highest BCUT2D eigenvalue weighted by Gasteiger charge is 2.14. The van der Waals surface area contributed by atoms with Crippen LogP contribution in [0.4, 0.5) is 0 Å². The third kappa shape index (κ3) is 6.96. The Morgan fingerprint density at radius 2 is 1.95 bits per heavy atom. The number of hydrogen-bond acceptors (Lipinski definition) is 3. The number of aryl methyl sites for hydroxylation is 1. The fraction of sp³-hybridized carbons (Fsp3) is 0.667. The molecular weight excluding hydrogens is 262 g/mol. The van der Waals surface area contributed by atoms with Crippen LogP contribution in [-0.4, -0.2) is 33.9 Å². The van der Waals surface area contributed by atoms with Crippen LogP contribution in [-0.2, 0) is 11.2 Å². The summed E-state index contributed by atoms with van der Waals surface area (Å²) in [5.41, 5.74) is 2.61. The number of nitrogens with one attached hydrogen (secondary N) is 1. The minimum Gasteiger partial charge on any atom is -0.496 e. The van der Waals surface area contributed by atoms with Gasteiger partial charge in [0, 0.05) is 13.7 Å². The molecule has 0 bridgehead atoms. The lowest BCUT2D eigenvalue weighted by Gasteiger charge is -2.21. The molecule has 0 amide bonds. The van der Waals surface area contributed by atoms with Gasteiger partial charge in [-0.2, -0.15) is 0 Å². The molecule has 120 valence electrons. The summed E-state index contributed by atoms with van der Waals surface area (Å²) in [6.45, 7) is 9.42. The molecule has 1 rings (SSSR count). The highest BCUT2D eigenvalue weighted by Crippen LogP contribution is 2.25.